The Morgan fingerprint density at radius 1 is 1.23 bits per heavy atom. The summed E-state index contributed by atoms with van der Waals surface area (Å²) < 4.78 is 1.97. The minimum atomic E-state index is 0.362. The Morgan fingerprint density at radius 2 is 2.14 bits per heavy atom. The summed E-state index contributed by atoms with van der Waals surface area (Å²) in [5.74, 6) is 1.07. The Kier molecular flexibility index (Phi) is 3.29. The fraction of sp³-hybridized carbons (Fsp3) is 0.467. The van der Waals surface area contributed by atoms with Gasteiger partial charge >= 0.3 is 0 Å². The molecule has 0 saturated carbocycles. The normalized spacial score (nSPS) is 19.0. The van der Waals surface area contributed by atoms with E-state index in [9.17, 15) is 0 Å². The number of hydrogen-bond donors (Lipinski definition) is 0. The summed E-state index contributed by atoms with van der Waals surface area (Å²) in [4.78, 5) is 17.9. The first kappa shape index (κ1) is 13.6. The summed E-state index contributed by atoms with van der Waals surface area (Å²) >= 11 is 1.75. The molecular formula is C15H18N6S. The Hall–Kier alpha value is -2.02. The third kappa shape index (κ3) is 2.16. The number of thiophene rings is 1. The van der Waals surface area contributed by atoms with E-state index in [2.05, 4.69) is 38.8 Å². The highest BCUT2D eigenvalue weighted by atomic mass is 32.1. The van der Waals surface area contributed by atoms with Gasteiger partial charge in [0.2, 0.25) is 0 Å². The van der Waals surface area contributed by atoms with E-state index >= 15 is 0 Å². The van der Waals surface area contributed by atoms with Crippen molar-refractivity contribution in [1.29, 1.82) is 0 Å². The van der Waals surface area contributed by atoms with Gasteiger partial charge in [-0.25, -0.2) is 19.6 Å². The van der Waals surface area contributed by atoms with Crippen molar-refractivity contribution < 1.29 is 0 Å². The van der Waals surface area contributed by atoms with E-state index in [1.165, 1.54) is 15.8 Å². The standard InChI is InChI=1S/C15H18N6S/c1-10-11(2)22-15-13(10)14(17-8-18-15)20-5-3-4-12(6-20)21-9-16-7-19-21/h7-9,12H,3-6H2,1-2H3/t12-/m0/s1. The molecule has 4 rings (SSSR count). The van der Waals surface area contributed by atoms with E-state index < -0.39 is 0 Å². The van der Waals surface area contributed by atoms with E-state index in [0.29, 0.717) is 6.04 Å². The van der Waals surface area contributed by atoms with Gasteiger partial charge in [0, 0.05) is 18.0 Å². The Balaban J connectivity index is 1.72. The molecule has 0 amide bonds. The van der Waals surface area contributed by atoms with Crippen LogP contribution in [0.1, 0.15) is 29.3 Å². The van der Waals surface area contributed by atoms with Crippen LogP contribution in [0.2, 0.25) is 0 Å². The van der Waals surface area contributed by atoms with Gasteiger partial charge in [-0.1, -0.05) is 0 Å². The van der Waals surface area contributed by atoms with Crippen LogP contribution in [-0.2, 0) is 0 Å². The lowest BCUT2D eigenvalue weighted by Crippen LogP contribution is -2.37. The second-order valence-corrected chi connectivity index (χ2v) is 6.98. The molecule has 1 aliphatic heterocycles. The average molecular weight is 314 g/mol. The molecule has 7 heteroatoms. The zero-order valence-electron chi connectivity index (χ0n) is 12.7. The molecule has 0 bridgehead atoms. The minimum absolute atomic E-state index is 0.362. The van der Waals surface area contributed by atoms with E-state index in [1.54, 1.807) is 24.0 Å². The monoisotopic (exact) mass is 314 g/mol. The molecule has 1 aliphatic rings. The Labute approximate surface area is 132 Å². The van der Waals surface area contributed by atoms with Crippen molar-refractivity contribution in [2.75, 3.05) is 18.0 Å². The van der Waals surface area contributed by atoms with Crippen LogP contribution in [0.3, 0.4) is 0 Å². The van der Waals surface area contributed by atoms with Crippen molar-refractivity contribution in [3.05, 3.63) is 29.4 Å². The number of hydrogen-bond acceptors (Lipinski definition) is 6. The molecule has 1 saturated heterocycles. The topological polar surface area (TPSA) is 59.7 Å². The zero-order chi connectivity index (χ0) is 15.1. The fourth-order valence-corrected chi connectivity index (χ4v) is 4.16. The van der Waals surface area contributed by atoms with Crippen molar-refractivity contribution in [1.82, 2.24) is 24.7 Å². The lowest BCUT2D eigenvalue weighted by molar-refractivity contribution is 0.374. The molecule has 0 unspecified atom stereocenters. The summed E-state index contributed by atoms with van der Waals surface area (Å²) in [5, 5.41) is 5.51. The maximum atomic E-state index is 4.60. The molecule has 0 N–H and O–H groups in total. The molecule has 6 nitrogen and oxygen atoms in total. The van der Waals surface area contributed by atoms with Gasteiger partial charge in [-0.05, 0) is 32.3 Å². The molecule has 0 spiro atoms. The zero-order valence-corrected chi connectivity index (χ0v) is 13.5. The second-order valence-electron chi connectivity index (χ2n) is 5.78. The number of nitrogens with zero attached hydrogens (tertiary/aromatic N) is 6. The molecule has 0 aliphatic carbocycles. The number of piperidine rings is 1. The van der Waals surface area contributed by atoms with Crippen molar-refractivity contribution in [3.8, 4) is 0 Å². The van der Waals surface area contributed by atoms with Gasteiger partial charge in [0.25, 0.3) is 0 Å². The van der Waals surface area contributed by atoms with E-state index in [4.69, 9.17) is 0 Å². The molecule has 3 aromatic heterocycles. The van der Waals surface area contributed by atoms with Gasteiger partial charge in [0.05, 0.1) is 11.4 Å². The summed E-state index contributed by atoms with van der Waals surface area (Å²) in [6.07, 6.45) is 7.37. The van der Waals surface area contributed by atoms with E-state index in [0.717, 1.165) is 36.6 Å². The molecule has 0 radical (unpaired) electrons. The van der Waals surface area contributed by atoms with Gasteiger partial charge in [-0.2, -0.15) is 5.10 Å². The Bertz CT molecular complexity index is 794. The summed E-state index contributed by atoms with van der Waals surface area (Å²) in [6, 6.07) is 0.362. The molecule has 1 fully saturated rings. The van der Waals surface area contributed by atoms with Gasteiger partial charge in [0.1, 0.15) is 29.6 Å². The summed E-state index contributed by atoms with van der Waals surface area (Å²) in [7, 11) is 0. The summed E-state index contributed by atoms with van der Waals surface area (Å²) in [5.41, 5.74) is 1.30. The number of anilines is 1. The smallest absolute Gasteiger partial charge is 0.141 e. The van der Waals surface area contributed by atoms with Crippen LogP contribution in [-0.4, -0.2) is 37.8 Å². The first-order chi connectivity index (χ1) is 10.7. The first-order valence-electron chi connectivity index (χ1n) is 7.54. The molecule has 0 aromatic carbocycles. The third-order valence-electron chi connectivity index (χ3n) is 4.45. The maximum absolute atomic E-state index is 4.60. The van der Waals surface area contributed by atoms with Gasteiger partial charge in [0.15, 0.2) is 0 Å². The number of rotatable bonds is 2. The SMILES string of the molecule is Cc1sc2ncnc(N3CCC[C@H](n4cncn4)C3)c2c1C. The van der Waals surface area contributed by atoms with Crippen LogP contribution in [0.5, 0.6) is 0 Å². The fourth-order valence-electron chi connectivity index (χ4n) is 3.17. The van der Waals surface area contributed by atoms with Gasteiger partial charge < -0.3 is 4.90 Å². The molecular weight excluding hydrogens is 296 g/mol. The number of fused-ring (bicyclic) bond motifs is 1. The van der Waals surface area contributed by atoms with Crippen LogP contribution in [0, 0.1) is 13.8 Å². The van der Waals surface area contributed by atoms with Gasteiger partial charge in [-0.15, -0.1) is 11.3 Å². The predicted molar refractivity (Wildman–Crippen MR) is 87.4 cm³/mol. The molecule has 3 aromatic rings. The Morgan fingerprint density at radius 3 is 2.95 bits per heavy atom. The van der Waals surface area contributed by atoms with Crippen molar-refractivity contribution in [2.45, 2.75) is 32.7 Å². The van der Waals surface area contributed by atoms with Crippen molar-refractivity contribution in [3.63, 3.8) is 0 Å². The minimum Gasteiger partial charge on any atom is -0.354 e. The maximum Gasteiger partial charge on any atom is 0.141 e. The van der Waals surface area contributed by atoms with E-state index in [1.807, 2.05) is 11.0 Å². The number of aromatic nitrogens is 5. The first-order valence-corrected chi connectivity index (χ1v) is 8.35. The lowest BCUT2D eigenvalue weighted by atomic mass is 10.1. The van der Waals surface area contributed by atoms with Crippen molar-refractivity contribution in [2.24, 2.45) is 0 Å². The highest BCUT2D eigenvalue weighted by Crippen LogP contribution is 2.36. The molecule has 114 valence electrons. The predicted octanol–water partition coefficient (Wildman–Crippen LogP) is 2.74. The van der Waals surface area contributed by atoms with E-state index in [-0.39, 0.29) is 0 Å². The molecule has 22 heavy (non-hydrogen) atoms. The van der Waals surface area contributed by atoms with Crippen LogP contribution in [0.15, 0.2) is 19.0 Å². The molecule has 1 atom stereocenters. The highest BCUT2D eigenvalue weighted by molar-refractivity contribution is 7.18. The molecule has 4 heterocycles. The second kappa shape index (κ2) is 5.31. The highest BCUT2D eigenvalue weighted by Gasteiger charge is 2.25. The van der Waals surface area contributed by atoms with Crippen LogP contribution >= 0.6 is 11.3 Å². The summed E-state index contributed by atoms with van der Waals surface area (Å²) in [6.45, 7) is 6.27. The van der Waals surface area contributed by atoms with Crippen LogP contribution < -0.4 is 4.90 Å². The van der Waals surface area contributed by atoms with Crippen LogP contribution in [0.4, 0.5) is 5.82 Å². The lowest BCUT2D eigenvalue weighted by Gasteiger charge is -2.33. The van der Waals surface area contributed by atoms with Crippen LogP contribution in [0.25, 0.3) is 10.2 Å². The number of aryl methyl sites for hydroxylation is 2. The largest absolute Gasteiger partial charge is 0.354 e. The quantitative estimate of drug-likeness (QED) is 0.728. The third-order valence-corrected chi connectivity index (χ3v) is 5.57. The van der Waals surface area contributed by atoms with Gasteiger partial charge in [-0.3, -0.25) is 0 Å². The van der Waals surface area contributed by atoms with Crippen molar-refractivity contribution >= 4 is 27.4 Å². The average Bonchev–Trinajstić information content (AvgIpc) is 3.17.